The van der Waals surface area contributed by atoms with E-state index in [1.807, 2.05) is 0 Å². The van der Waals surface area contributed by atoms with E-state index >= 15 is 0 Å². The van der Waals surface area contributed by atoms with Gasteiger partial charge in [0.15, 0.2) is 0 Å². The highest BCUT2D eigenvalue weighted by atomic mass is 32.1. The number of fused-ring (bicyclic) bond motifs is 3. The van der Waals surface area contributed by atoms with Gasteiger partial charge in [0.2, 0.25) is 0 Å². The predicted molar refractivity (Wildman–Crippen MR) is 206 cm³/mol. The highest BCUT2D eigenvalue weighted by Gasteiger charge is 2.31. The molecule has 4 heteroatoms. The van der Waals surface area contributed by atoms with Crippen LogP contribution in [0.3, 0.4) is 0 Å². The lowest BCUT2D eigenvalue weighted by Crippen LogP contribution is -2.17. The van der Waals surface area contributed by atoms with Crippen molar-refractivity contribution in [2.45, 2.75) is 75.6 Å². The molecule has 5 aromatic carbocycles. The molecule has 242 valence electrons. The van der Waals surface area contributed by atoms with E-state index in [1.165, 1.54) is 23.5 Å². The van der Waals surface area contributed by atoms with Gasteiger partial charge in [-0.05, 0) is 82.2 Å². The molecule has 0 N–H and O–H groups in total. The van der Waals surface area contributed by atoms with Gasteiger partial charge in [0.05, 0.1) is 19.4 Å². The summed E-state index contributed by atoms with van der Waals surface area (Å²) in [5.41, 5.74) is -9.19. The van der Waals surface area contributed by atoms with E-state index in [9.17, 15) is 15.1 Å². The first-order valence-electron chi connectivity index (χ1n) is 30.0. The number of thiophene rings is 1. The number of aromatic nitrogens is 3. The molecule has 2 fully saturated rings. The molecule has 49 heavy (non-hydrogen) atoms. The Labute approximate surface area is 335 Å². The number of nitrogens with zero attached hydrogens (tertiary/aromatic N) is 3. The minimum absolute atomic E-state index is 0.0308. The number of hydrogen-bond donors (Lipinski definition) is 0. The Balaban J connectivity index is 1.62. The fraction of sp³-hybridized carbons (Fsp3) is 0.267. The molecular formula is C45H41N3S. The molecule has 9 rings (SSSR count). The summed E-state index contributed by atoms with van der Waals surface area (Å²) in [6.45, 7) is 0. The molecule has 4 unspecified atom stereocenters. The van der Waals surface area contributed by atoms with Crippen LogP contribution in [0, 0.1) is 0 Å². The van der Waals surface area contributed by atoms with E-state index in [0.717, 1.165) is 12.1 Å². The lowest BCUT2D eigenvalue weighted by atomic mass is 9.76. The van der Waals surface area contributed by atoms with Crippen LogP contribution in [-0.2, 0) is 0 Å². The van der Waals surface area contributed by atoms with Crippen LogP contribution in [0.25, 0.3) is 64.8 Å². The van der Waals surface area contributed by atoms with Gasteiger partial charge in [0.1, 0.15) is 5.69 Å². The third-order valence-corrected chi connectivity index (χ3v) is 9.13. The minimum Gasteiger partial charge on any atom is -0.135 e. The quantitative estimate of drug-likeness (QED) is 0.175. The maximum atomic E-state index is 10.3. The SMILES string of the molecule is [2H]c1ccc(-c2nnnc(C3([2H])C([2H])C([2H])([2H])C([2H])([2H])C([2H])([2H])C3([2H])[2H])c2C2([2H])C([2H])C([2H])([2H])C([2H])([2H])C([2H])([2H])C2([2H])[2H])c(-c2c([2H])c([2H])c([2H])c([2H])c2-c2c([2H])c([2H])c([2H])c([2H])c2[2H])c1-c1cccc2sc3ccccc3c12. The van der Waals surface area contributed by atoms with Crippen LogP contribution in [0.15, 0.2) is 115 Å². The standard InChI is InChI=1S/C45H41N3S/c1-4-16-30(17-5-1)33-22-10-11-23-34(33)42-35(36-26-15-29-40-43(36)37-24-12-13-28-39(37)49-40)25-14-27-38(42)45-41(31-18-6-2-7-19-31)44(46-48-47-45)32-20-8-3-9-21-32/h1,4-5,10-17,22-29,31-32H,2-3,6-9,18-21H2/i1D,2D2,3D2,4D,5D,6D2,7D2,8D2,9D2,10D,11D,16D,17D,18D,19D2,20D,21D2,22D,23D,25D,31D,32D. The minimum atomic E-state index is -4.38. The van der Waals surface area contributed by atoms with Crippen molar-refractivity contribution in [1.29, 1.82) is 0 Å². The molecule has 4 atom stereocenters. The van der Waals surface area contributed by atoms with Crippen molar-refractivity contribution in [3.63, 3.8) is 0 Å². The van der Waals surface area contributed by atoms with Gasteiger partial charge in [-0.3, -0.25) is 0 Å². The highest BCUT2D eigenvalue weighted by Crippen LogP contribution is 2.50. The summed E-state index contributed by atoms with van der Waals surface area (Å²) in [5.74, 6) is -8.44. The van der Waals surface area contributed by atoms with E-state index < -0.39 is 186 Å². The predicted octanol–water partition coefficient (Wildman–Crippen LogP) is 13.0. The Bertz CT molecular complexity index is 3740. The van der Waals surface area contributed by atoms with E-state index in [4.69, 9.17) is 26.0 Å². The van der Waals surface area contributed by atoms with Gasteiger partial charge in [-0.2, -0.15) is 0 Å². The molecule has 3 nitrogen and oxygen atoms in total. The Hall–Kier alpha value is -4.67. The van der Waals surface area contributed by atoms with Crippen molar-refractivity contribution in [2.75, 3.05) is 0 Å². The molecule has 0 radical (unpaired) electrons. The Morgan fingerprint density at radius 2 is 1.35 bits per heavy atom. The lowest BCUT2D eigenvalue weighted by Gasteiger charge is -2.30. The first kappa shape index (κ1) is 12.3. The van der Waals surface area contributed by atoms with Crippen LogP contribution in [0.5, 0.6) is 0 Å². The fourth-order valence-electron chi connectivity index (χ4n) is 5.99. The molecule has 7 aromatic rings. The van der Waals surface area contributed by atoms with Gasteiger partial charge in [-0.1, -0.05) is 141 Å². The first-order chi connectivity index (χ1) is 36.1. The Morgan fingerprint density at radius 1 is 0.612 bits per heavy atom. The van der Waals surface area contributed by atoms with Crippen LogP contribution >= 0.6 is 11.3 Å². The topological polar surface area (TPSA) is 38.7 Å². The summed E-state index contributed by atoms with van der Waals surface area (Å²) in [4.78, 5) is 0. The molecular weight excluding hydrogens is 615 g/mol. The van der Waals surface area contributed by atoms with Crippen molar-refractivity contribution >= 4 is 31.5 Å². The van der Waals surface area contributed by atoms with Crippen molar-refractivity contribution < 1.29 is 41.1 Å². The third kappa shape index (κ3) is 5.56. The Morgan fingerprint density at radius 3 is 2.22 bits per heavy atom. The van der Waals surface area contributed by atoms with Gasteiger partial charge >= 0.3 is 0 Å². The van der Waals surface area contributed by atoms with Gasteiger partial charge in [0, 0.05) is 64.6 Å². The van der Waals surface area contributed by atoms with Gasteiger partial charge in [-0.25, -0.2) is 0 Å². The van der Waals surface area contributed by atoms with Crippen molar-refractivity contribution in [3.8, 4) is 44.6 Å². The second-order valence-electron chi connectivity index (χ2n) is 10.7. The van der Waals surface area contributed by atoms with E-state index in [-0.39, 0.29) is 5.56 Å². The summed E-state index contributed by atoms with van der Waals surface area (Å²) in [7, 11) is 0. The first-order valence-corrected chi connectivity index (χ1v) is 15.7. The monoisotopic (exact) mass is 685 g/mol. The molecule has 0 spiro atoms. The highest BCUT2D eigenvalue weighted by molar-refractivity contribution is 7.25. The van der Waals surface area contributed by atoms with E-state index in [2.05, 4.69) is 15.4 Å². The summed E-state index contributed by atoms with van der Waals surface area (Å²) in [6, 6.07) is 3.59. The van der Waals surface area contributed by atoms with Crippen LogP contribution in [0.4, 0.5) is 0 Å². The van der Waals surface area contributed by atoms with Gasteiger partial charge in [0.25, 0.3) is 0 Å². The fourth-order valence-corrected chi connectivity index (χ4v) is 7.12. The molecule has 2 aliphatic carbocycles. The Kier molecular flexibility index (Phi) is 3.34. The zero-order chi connectivity index (χ0) is 59.2. The molecule has 0 aliphatic heterocycles. The van der Waals surface area contributed by atoms with Crippen LogP contribution in [-0.4, -0.2) is 15.4 Å². The summed E-state index contributed by atoms with van der Waals surface area (Å²) >= 11 is 1.26. The molecule has 2 saturated carbocycles. The lowest BCUT2D eigenvalue weighted by molar-refractivity contribution is 0.408. The average molecular weight is 686 g/mol. The second-order valence-corrected chi connectivity index (χ2v) is 11.8. The van der Waals surface area contributed by atoms with Crippen LogP contribution in [0.2, 0.25) is 0 Å². The average Bonchev–Trinajstić information content (AvgIpc) is 2.98. The smallest absolute Gasteiger partial charge is 0.101 e. The molecule has 2 heterocycles. The number of hydrogen-bond acceptors (Lipinski definition) is 4. The second kappa shape index (κ2) is 13.3. The van der Waals surface area contributed by atoms with E-state index in [1.54, 1.807) is 30.3 Å². The van der Waals surface area contributed by atoms with Gasteiger partial charge in [-0.15, -0.1) is 21.5 Å². The van der Waals surface area contributed by atoms with Crippen LogP contribution < -0.4 is 0 Å². The normalized spacial score (nSPS) is 41.3. The maximum Gasteiger partial charge on any atom is 0.101 e. The number of rotatable bonds is 6. The third-order valence-electron chi connectivity index (χ3n) is 8.00. The van der Waals surface area contributed by atoms with E-state index in [0.29, 0.717) is 20.2 Å². The van der Waals surface area contributed by atoms with Crippen LogP contribution in [0.1, 0.15) is 128 Å². The van der Waals surface area contributed by atoms with Crippen molar-refractivity contribution in [2.24, 2.45) is 0 Å². The summed E-state index contributed by atoms with van der Waals surface area (Å²) in [5, 5.41) is 12.4. The van der Waals surface area contributed by atoms with Gasteiger partial charge < -0.3 is 0 Å². The maximum absolute atomic E-state index is 10.3. The molecule has 2 aliphatic rings. The van der Waals surface area contributed by atoms with Crippen molar-refractivity contribution in [3.05, 3.63) is 126 Å². The molecule has 0 saturated heterocycles. The summed E-state index contributed by atoms with van der Waals surface area (Å²) < 4.78 is 274. The summed E-state index contributed by atoms with van der Waals surface area (Å²) in [6.07, 6.45) is -40.0. The van der Waals surface area contributed by atoms with Crippen molar-refractivity contribution in [1.82, 2.24) is 15.4 Å². The molecule has 0 amide bonds. The zero-order valence-electron chi connectivity index (χ0n) is 55.1. The zero-order valence-corrected chi connectivity index (χ0v) is 25.9. The molecule has 2 aromatic heterocycles. The number of benzene rings is 5. The molecule has 0 bridgehead atoms. The largest absolute Gasteiger partial charge is 0.135 e.